The zero-order chi connectivity index (χ0) is 18.7. The van der Waals surface area contributed by atoms with E-state index in [0.717, 1.165) is 25.0 Å². The van der Waals surface area contributed by atoms with Crippen LogP contribution in [0.1, 0.15) is 39.6 Å². The predicted molar refractivity (Wildman–Crippen MR) is 92.0 cm³/mol. The van der Waals surface area contributed by atoms with Crippen LogP contribution >= 0.6 is 0 Å². The van der Waals surface area contributed by atoms with Crippen LogP contribution in [0.4, 0.5) is 14.5 Å². The van der Waals surface area contributed by atoms with Gasteiger partial charge in [-0.1, -0.05) is 6.08 Å². The van der Waals surface area contributed by atoms with Gasteiger partial charge in [-0.15, -0.1) is 6.58 Å². The molecule has 0 saturated heterocycles. The molecule has 0 saturated carbocycles. The molecule has 0 fully saturated rings. The largest absolute Gasteiger partial charge is 0.346 e. The third-order valence-electron chi connectivity index (χ3n) is 4.12. The molecule has 1 aromatic carbocycles. The Balaban J connectivity index is 1.89. The molecule has 0 bridgehead atoms. The lowest BCUT2D eigenvalue weighted by molar-refractivity contribution is 0.0942. The van der Waals surface area contributed by atoms with Crippen LogP contribution in [0.2, 0.25) is 0 Å². The topological polar surface area (TPSA) is 76.0 Å². The van der Waals surface area contributed by atoms with E-state index in [1.165, 1.54) is 6.07 Å². The molecule has 1 aliphatic rings. The van der Waals surface area contributed by atoms with Crippen LogP contribution in [0, 0.1) is 11.6 Å². The van der Waals surface area contributed by atoms with E-state index in [1.807, 2.05) is 0 Å². The number of nitrogens with one attached hydrogen (secondary N) is 2. The summed E-state index contributed by atoms with van der Waals surface area (Å²) in [6.45, 7) is 4.43. The molecule has 2 N–H and O–H groups in total. The molecule has 6 nitrogen and oxygen atoms in total. The highest BCUT2D eigenvalue weighted by molar-refractivity contribution is 6.05. The lowest BCUT2D eigenvalue weighted by Crippen LogP contribution is -2.28. The number of fused-ring (bicyclic) bond motifs is 1. The second-order valence-corrected chi connectivity index (χ2v) is 5.92. The summed E-state index contributed by atoms with van der Waals surface area (Å²) >= 11 is 0. The van der Waals surface area contributed by atoms with Crippen LogP contribution in [-0.2, 0) is 13.0 Å². The van der Waals surface area contributed by atoms with Crippen LogP contribution in [0.3, 0.4) is 0 Å². The molecule has 2 amide bonds. The third kappa shape index (κ3) is 3.49. The van der Waals surface area contributed by atoms with Crippen molar-refractivity contribution in [2.75, 3.05) is 11.9 Å². The van der Waals surface area contributed by atoms with E-state index in [-0.39, 0.29) is 29.7 Å². The van der Waals surface area contributed by atoms with E-state index in [2.05, 4.69) is 22.2 Å². The lowest BCUT2D eigenvalue weighted by Gasteiger charge is -2.17. The maximum absolute atomic E-state index is 13.3. The standard InChI is InChI=1S/C18H18F2N4O2/c1-2-8-21-18(26)16-23-15(14-5-3-4-9-24(14)16)17(25)22-11-6-7-12(19)13(20)10-11/h2,6-7,10H,1,3-5,8-9H2,(H,21,26)(H,22,25). The molecule has 1 aliphatic heterocycles. The Morgan fingerprint density at radius 2 is 2.04 bits per heavy atom. The van der Waals surface area contributed by atoms with Gasteiger partial charge in [0.1, 0.15) is 0 Å². The van der Waals surface area contributed by atoms with Crippen LogP contribution in [0.15, 0.2) is 30.9 Å². The van der Waals surface area contributed by atoms with Gasteiger partial charge in [-0.25, -0.2) is 13.8 Å². The van der Waals surface area contributed by atoms with Crippen molar-refractivity contribution >= 4 is 17.5 Å². The number of hydrogen-bond donors (Lipinski definition) is 2. The Morgan fingerprint density at radius 3 is 2.77 bits per heavy atom. The number of aromatic nitrogens is 2. The Morgan fingerprint density at radius 1 is 1.23 bits per heavy atom. The SMILES string of the molecule is C=CCNC(=O)c1nc(C(=O)Nc2ccc(F)c(F)c2)c2n1CCCC2. The number of anilines is 1. The zero-order valence-electron chi connectivity index (χ0n) is 14.0. The van der Waals surface area contributed by atoms with Crippen molar-refractivity contribution in [3.63, 3.8) is 0 Å². The van der Waals surface area contributed by atoms with Crippen LogP contribution in [-0.4, -0.2) is 27.9 Å². The number of hydrogen-bond acceptors (Lipinski definition) is 3. The van der Waals surface area contributed by atoms with Crippen molar-refractivity contribution in [1.29, 1.82) is 0 Å². The van der Waals surface area contributed by atoms with Gasteiger partial charge in [-0.2, -0.15) is 0 Å². The van der Waals surface area contributed by atoms with Gasteiger partial charge in [-0.3, -0.25) is 9.59 Å². The zero-order valence-corrected chi connectivity index (χ0v) is 14.0. The van der Waals surface area contributed by atoms with Gasteiger partial charge in [0.25, 0.3) is 11.8 Å². The number of nitrogens with zero attached hydrogens (tertiary/aromatic N) is 2. The summed E-state index contributed by atoms with van der Waals surface area (Å²) in [5, 5.41) is 5.15. The van der Waals surface area contributed by atoms with Crippen LogP contribution in [0.25, 0.3) is 0 Å². The first-order chi connectivity index (χ1) is 12.5. The minimum atomic E-state index is -1.06. The normalized spacial score (nSPS) is 13.0. The minimum absolute atomic E-state index is 0.115. The van der Waals surface area contributed by atoms with Crippen molar-refractivity contribution in [3.8, 4) is 0 Å². The number of rotatable bonds is 5. The summed E-state index contributed by atoms with van der Waals surface area (Å²) in [5.41, 5.74) is 0.905. The van der Waals surface area contributed by atoms with Crippen LogP contribution in [0.5, 0.6) is 0 Å². The fourth-order valence-electron chi connectivity index (χ4n) is 2.91. The first-order valence-corrected chi connectivity index (χ1v) is 8.26. The lowest BCUT2D eigenvalue weighted by atomic mass is 10.1. The monoisotopic (exact) mass is 360 g/mol. The van der Waals surface area contributed by atoms with Gasteiger partial charge in [0.15, 0.2) is 23.2 Å². The molecule has 26 heavy (non-hydrogen) atoms. The Hall–Kier alpha value is -3.03. The van der Waals surface area contributed by atoms with Crippen molar-refractivity contribution < 1.29 is 18.4 Å². The smallest absolute Gasteiger partial charge is 0.287 e. The fraction of sp³-hybridized carbons (Fsp3) is 0.278. The maximum atomic E-state index is 13.3. The minimum Gasteiger partial charge on any atom is -0.346 e. The number of benzene rings is 1. The highest BCUT2D eigenvalue weighted by Crippen LogP contribution is 2.22. The van der Waals surface area contributed by atoms with E-state index in [1.54, 1.807) is 10.6 Å². The Bertz CT molecular complexity index is 876. The molecule has 1 aromatic heterocycles. The Kier molecular flexibility index (Phi) is 5.11. The van der Waals surface area contributed by atoms with E-state index in [9.17, 15) is 18.4 Å². The molecular formula is C18H18F2N4O2. The van der Waals surface area contributed by atoms with Gasteiger partial charge in [-0.05, 0) is 31.4 Å². The van der Waals surface area contributed by atoms with Gasteiger partial charge < -0.3 is 15.2 Å². The summed E-state index contributed by atoms with van der Waals surface area (Å²) < 4.78 is 28.1. The second kappa shape index (κ2) is 7.47. The highest BCUT2D eigenvalue weighted by atomic mass is 19.2. The third-order valence-corrected chi connectivity index (χ3v) is 4.12. The molecule has 136 valence electrons. The summed E-state index contributed by atoms with van der Waals surface area (Å²) in [6.07, 6.45) is 3.93. The summed E-state index contributed by atoms with van der Waals surface area (Å²) in [5.74, 6) is -2.84. The molecule has 2 heterocycles. The number of halogens is 2. The number of imidazole rings is 1. The number of carbonyl (C=O) groups is 2. The molecule has 0 atom stereocenters. The highest BCUT2D eigenvalue weighted by Gasteiger charge is 2.27. The molecule has 0 aliphatic carbocycles. The van der Waals surface area contributed by atoms with E-state index >= 15 is 0 Å². The molecule has 8 heteroatoms. The summed E-state index contributed by atoms with van der Waals surface area (Å²) in [4.78, 5) is 29.1. The number of amides is 2. The van der Waals surface area contributed by atoms with Gasteiger partial charge in [0.05, 0.1) is 5.69 Å². The van der Waals surface area contributed by atoms with Crippen molar-refractivity contribution in [2.45, 2.75) is 25.8 Å². The fourth-order valence-corrected chi connectivity index (χ4v) is 2.91. The quantitative estimate of drug-likeness (QED) is 0.805. The molecule has 2 aromatic rings. The average Bonchev–Trinajstić information content (AvgIpc) is 3.03. The van der Waals surface area contributed by atoms with Gasteiger partial charge in [0, 0.05) is 24.8 Å². The first kappa shape index (κ1) is 17.8. The molecule has 0 radical (unpaired) electrons. The first-order valence-electron chi connectivity index (χ1n) is 8.26. The van der Waals surface area contributed by atoms with E-state index < -0.39 is 17.5 Å². The van der Waals surface area contributed by atoms with Gasteiger partial charge >= 0.3 is 0 Å². The molecule has 0 unspecified atom stereocenters. The van der Waals surface area contributed by atoms with Crippen molar-refractivity contribution in [2.24, 2.45) is 0 Å². The maximum Gasteiger partial charge on any atom is 0.287 e. The van der Waals surface area contributed by atoms with Crippen LogP contribution < -0.4 is 10.6 Å². The summed E-state index contributed by atoms with van der Waals surface area (Å²) in [7, 11) is 0. The van der Waals surface area contributed by atoms with E-state index in [4.69, 9.17) is 0 Å². The number of carbonyl (C=O) groups excluding carboxylic acids is 2. The van der Waals surface area contributed by atoms with E-state index in [0.29, 0.717) is 18.7 Å². The Labute approximate surface area is 148 Å². The molecule has 3 rings (SSSR count). The molecule has 0 spiro atoms. The second-order valence-electron chi connectivity index (χ2n) is 5.92. The van der Waals surface area contributed by atoms with Crippen molar-refractivity contribution in [1.82, 2.24) is 14.9 Å². The summed E-state index contributed by atoms with van der Waals surface area (Å²) in [6, 6.07) is 3.09. The predicted octanol–water partition coefficient (Wildman–Crippen LogP) is 2.67. The average molecular weight is 360 g/mol. The van der Waals surface area contributed by atoms with Crippen molar-refractivity contribution in [3.05, 3.63) is 59.7 Å². The van der Waals surface area contributed by atoms with Gasteiger partial charge in [0.2, 0.25) is 0 Å². The molecular weight excluding hydrogens is 342 g/mol.